The van der Waals surface area contributed by atoms with Gasteiger partial charge in [-0.3, -0.25) is 0 Å². The SMILES string of the molecule is Nc1nc2c(F)cc(F)cc2n1CCN1CCCCC1. The Morgan fingerprint density at radius 1 is 1.10 bits per heavy atom. The van der Waals surface area contributed by atoms with E-state index < -0.39 is 11.6 Å². The van der Waals surface area contributed by atoms with Gasteiger partial charge in [-0.2, -0.15) is 0 Å². The Balaban J connectivity index is 1.85. The van der Waals surface area contributed by atoms with Crippen molar-refractivity contribution in [3.05, 3.63) is 23.8 Å². The molecule has 2 heterocycles. The summed E-state index contributed by atoms with van der Waals surface area (Å²) in [5.41, 5.74) is 6.40. The summed E-state index contributed by atoms with van der Waals surface area (Å²) >= 11 is 0. The summed E-state index contributed by atoms with van der Waals surface area (Å²) in [6, 6.07) is 2.13. The lowest BCUT2D eigenvalue weighted by atomic mass is 10.1. The van der Waals surface area contributed by atoms with E-state index in [-0.39, 0.29) is 11.5 Å². The zero-order valence-electron chi connectivity index (χ0n) is 11.3. The van der Waals surface area contributed by atoms with Gasteiger partial charge < -0.3 is 15.2 Å². The molecule has 4 nitrogen and oxygen atoms in total. The van der Waals surface area contributed by atoms with E-state index in [1.165, 1.54) is 25.3 Å². The lowest BCUT2D eigenvalue weighted by Gasteiger charge is -2.26. The third kappa shape index (κ3) is 2.47. The monoisotopic (exact) mass is 280 g/mol. The van der Waals surface area contributed by atoms with Gasteiger partial charge >= 0.3 is 0 Å². The first-order valence-corrected chi connectivity index (χ1v) is 6.98. The molecule has 2 N–H and O–H groups in total. The zero-order chi connectivity index (χ0) is 14.1. The quantitative estimate of drug-likeness (QED) is 0.939. The van der Waals surface area contributed by atoms with Crippen molar-refractivity contribution in [2.75, 3.05) is 25.4 Å². The van der Waals surface area contributed by atoms with Crippen molar-refractivity contribution in [1.29, 1.82) is 0 Å². The Kier molecular flexibility index (Phi) is 3.56. The van der Waals surface area contributed by atoms with Crippen LogP contribution in [0.5, 0.6) is 0 Å². The smallest absolute Gasteiger partial charge is 0.201 e. The van der Waals surface area contributed by atoms with Crippen LogP contribution in [0.2, 0.25) is 0 Å². The molecular formula is C14H18F2N4. The Morgan fingerprint density at radius 2 is 1.85 bits per heavy atom. The molecule has 0 amide bonds. The van der Waals surface area contributed by atoms with Crippen LogP contribution in [0.15, 0.2) is 12.1 Å². The molecule has 3 rings (SSSR count). The van der Waals surface area contributed by atoms with Crippen LogP contribution in [0.25, 0.3) is 11.0 Å². The molecule has 6 heteroatoms. The first-order chi connectivity index (χ1) is 9.65. The molecule has 108 valence electrons. The van der Waals surface area contributed by atoms with Gasteiger partial charge in [-0.05, 0) is 25.9 Å². The average molecular weight is 280 g/mol. The first-order valence-electron chi connectivity index (χ1n) is 6.98. The fourth-order valence-corrected chi connectivity index (χ4v) is 2.83. The van der Waals surface area contributed by atoms with Crippen LogP contribution in [0.3, 0.4) is 0 Å². The van der Waals surface area contributed by atoms with E-state index in [0.29, 0.717) is 12.1 Å². The van der Waals surface area contributed by atoms with Crippen LogP contribution in [0, 0.1) is 11.6 Å². The van der Waals surface area contributed by atoms with E-state index in [1.807, 2.05) is 0 Å². The minimum Gasteiger partial charge on any atom is -0.369 e. The van der Waals surface area contributed by atoms with Crippen LogP contribution < -0.4 is 5.73 Å². The molecule has 0 atom stereocenters. The number of nitrogen functional groups attached to an aromatic ring is 1. The van der Waals surface area contributed by atoms with Gasteiger partial charge in [0.25, 0.3) is 0 Å². The number of halogens is 2. The van der Waals surface area contributed by atoms with Gasteiger partial charge in [0.15, 0.2) is 5.82 Å². The minimum atomic E-state index is -0.663. The number of hydrogen-bond acceptors (Lipinski definition) is 3. The molecule has 0 aliphatic carbocycles. The molecule has 1 aliphatic rings. The lowest BCUT2D eigenvalue weighted by Crippen LogP contribution is -2.32. The maximum Gasteiger partial charge on any atom is 0.201 e. The number of hydrogen-bond donors (Lipinski definition) is 1. The van der Waals surface area contributed by atoms with Crippen molar-refractivity contribution in [2.24, 2.45) is 0 Å². The summed E-state index contributed by atoms with van der Waals surface area (Å²) in [7, 11) is 0. The van der Waals surface area contributed by atoms with E-state index in [9.17, 15) is 8.78 Å². The van der Waals surface area contributed by atoms with Crippen LogP contribution in [0.1, 0.15) is 19.3 Å². The number of fused-ring (bicyclic) bond motifs is 1. The van der Waals surface area contributed by atoms with Gasteiger partial charge in [0.2, 0.25) is 5.95 Å². The van der Waals surface area contributed by atoms with E-state index in [4.69, 9.17) is 5.73 Å². The summed E-state index contributed by atoms with van der Waals surface area (Å²) < 4.78 is 28.7. The summed E-state index contributed by atoms with van der Waals surface area (Å²) in [6.07, 6.45) is 3.70. The van der Waals surface area contributed by atoms with Gasteiger partial charge in [-0.15, -0.1) is 0 Å². The van der Waals surface area contributed by atoms with Gasteiger partial charge in [0, 0.05) is 25.2 Å². The third-order valence-corrected chi connectivity index (χ3v) is 3.89. The van der Waals surface area contributed by atoms with Crippen molar-refractivity contribution < 1.29 is 8.78 Å². The highest BCUT2D eigenvalue weighted by atomic mass is 19.1. The molecule has 0 bridgehead atoms. The summed E-state index contributed by atoms with van der Waals surface area (Å²) in [4.78, 5) is 6.35. The molecule has 0 spiro atoms. The fourth-order valence-electron chi connectivity index (χ4n) is 2.83. The number of imidazole rings is 1. The number of likely N-dealkylation sites (tertiary alicyclic amines) is 1. The van der Waals surface area contributed by atoms with Crippen molar-refractivity contribution in [3.8, 4) is 0 Å². The molecule has 1 aliphatic heterocycles. The lowest BCUT2D eigenvalue weighted by molar-refractivity contribution is 0.222. The Hall–Kier alpha value is -1.69. The molecule has 0 saturated carbocycles. The molecule has 1 aromatic heterocycles. The maximum absolute atomic E-state index is 13.7. The van der Waals surface area contributed by atoms with Crippen LogP contribution in [-0.2, 0) is 6.54 Å². The average Bonchev–Trinajstić information content (AvgIpc) is 2.74. The predicted octanol–water partition coefficient (Wildman–Crippen LogP) is 2.38. The van der Waals surface area contributed by atoms with Crippen molar-refractivity contribution in [2.45, 2.75) is 25.8 Å². The van der Waals surface area contributed by atoms with Crippen LogP contribution >= 0.6 is 0 Å². The highest BCUT2D eigenvalue weighted by molar-refractivity contribution is 5.79. The van der Waals surface area contributed by atoms with Crippen molar-refractivity contribution in [1.82, 2.24) is 14.5 Å². The summed E-state index contributed by atoms with van der Waals surface area (Å²) in [5.74, 6) is -1.03. The van der Waals surface area contributed by atoms with E-state index in [0.717, 1.165) is 25.7 Å². The molecule has 20 heavy (non-hydrogen) atoms. The summed E-state index contributed by atoms with van der Waals surface area (Å²) in [6.45, 7) is 3.59. The highest BCUT2D eigenvalue weighted by Gasteiger charge is 2.15. The standard InChI is InChI=1S/C14H18F2N4/c15-10-8-11(16)13-12(9-10)20(14(17)18-13)7-6-19-4-2-1-3-5-19/h8-9H,1-7H2,(H2,17,18). The molecule has 1 aromatic carbocycles. The number of nitrogens with two attached hydrogens (primary N) is 1. The molecule has 1 saturated heterocycles. The molecule has 1 fully saturated rings. The second-order valence-electron chi connectivity index (χ2n) is 5.28. The number of aromatic nitrogens is 2. The Morgan fingerprint density at radius 3 is 2.60 bits per heavy atom. The zero-order valence-corrected chi connectivity index (χ0v) is 11.3. The van der Waals surface area contributed by atoms with E-state index >= 15 is 0 Å². The molecule has 0 unspecified atom stereocenters. The minimum absolute atomic E-state index is 0.141. The van der Waals surface area contributed by atoms with Crippen molar-refractivity contribution >= 4 is 17.0 Å². The molecule has 0 radical (unpaired) electrons. The normalized spacial score (nSPS) is 16.9. The maximum atomic E-state index is 13.7. The number of rotatable bonds is 3. The second kappa shape index (κ2) is 5.36. The van der Waals surface area contributed by atoms with E-state index in [2.05, 4.69) is 9.88 Å². The number of nitrogens with zero attached hydrogens (tertiary/aromatic N) is 3. The summed E-state index contributed by atoms with van der Waals surface area (Å²) in [5, 5.41) is 0. The largest absolute Gasteiger partial charge is 0.369 e. The molecular weight excluding hydrogens is 262 g/mol. The Labute approximate surface area is 116 Å². The van der Waals surface area contributed by atoms with Gasteiger partial charge in [0.1, 0.15) is 11.3 Å². The van der Waals surface area contributed by atoms with E-state index in [1.54, 1.807) is 4.57 Å². The highest BCUT2D eigenvalue weighted by Crippen LogP contribution is 2.22. The third-order valence-electron chi connectivity index (χ3n) is 3.89. The predicted molar refractivity (Wildman–Crippen MR) is 74.4 cm³/mol. The van der Waals surface area contributed by atoms with Gasteiger partial charge in [0.05, 0.1) is 5.52 Å². The number of benzene rings is 1. The first kappa shape index (κ1) is 13.3. The second-order valence-corrected chi connectivity index (χ2v) is 5.28. The Bertz CT molecular complexity index is 617. The number of anilines is 1. The molecule has 2 aromatic rings. The van der Waals surface area contributed by atoms with Gasteiger partial charge in [-0.25, -0.2) is 13.8 Å². The van der Waals surface area contributed by atoms with Gasteiger partial charge in [-0.1, -0.05) is 6.42 Å². The van der Waals surface area contributed by atoms with Crippen LogP contribution in [-0.4, -0.2) is 34.1 Å². The van der Waals surface area contributed by atoms with Crippen LogP contribution in [0.4, 0.5) is 14.7 Å². The fraction of sp³-hybridized carbons (Fsp3) is 0.500. The topological polar surface area (TPSA) is 47.1 Å². The van der Waals surface area contributed by atoms with Crippen molar-refractivity contribution in [3.63, 3.8) is 0 Å². The number of piperidine rings is 1.